The van der Waals surface area contributed by atoms with Gasteiger partial charge in [0.2, 0.25) is 5.91 Å². The molecule has 0 radical (unpaired) electrons. The van der Waals surface area contributed by atoms with Gasteiger partial charge in [-0.15, -0.1) is 0 Å². The number of amidine groups is 2. The number of ether oxygens (including phenoxy) is 1. The van der Waals surface area contributed by atoms with Crippen LogP contribution >= 0.6 is 11.8 Å². The van der Waals surface area contributed by atoms with Gasteiger partial charge in [-0.2, -0.15) is 0 Å². The van der Waals surface area contributed by atoms with Crippen LogP contribution in [0.4, 0.5) is 11.4 Å². The second kappa shape index (κ2) is 9.34. The molecule has 2 aromatic carbocycles. The first-order valence-electron chi connectivity index (χ1n) is 10.4. The first-order chi connectivity index (χ1) is 15.1. The number of nitrogens with one attached hydrogen (secondary N) is 1. The maximum atomic E-state index is 13.0. The fraction of sp³-hybridized carbons (Fsp3) is 0.304. The number of thioether (sulfide) groups is 1. The Bertz CT molecular complexity index is 1050. The summed E-state index contributed by atoms with van der Waals surface area (Å²) in [5, 5.41) is 3.35. The molecule has 2 heterocycles. The number of anilines is 1. The van der Waals surface area contributed by atoms with Crippen molar-refractivity contribution in [3.8, 4) is 5.75 Å². The maximum absolute atomic E-state index is 13.0. The molecule has 1 atom stereocenters. The summed E-state index contributed by atoms with van der Waals surface area (Å²) in [6, 6.07) is 14.5. The van der Waals surface area contributed by atoms with Crippen molar-refractivity contribution in [2.75, 3.05) is 17.7 Å². The number of hydrogen-bond donors (Lipinski definition) is 1. The van der Waals surface area contributed by atoms with E-state index in [4.69, 9.17) is 4.74 Å². The molecule has 4 rings (SSSR count). The lowest BCUT2D eigenvalue weighted by Gasteiger charge is -2.25. The number of amides is 2. The van der Waals surface area contributed by atoms with E-state index in [9.17, 15) is 9.59 Å². The molecule has 7 nitrogen and oxygen atoms in total. The third kappa shape index (κ3) is 4.49. The second-order valence-corrected chi connectivity index (χ2v) is 8.08. The number of carbonyl (C=O) groups excluding carboxylic acids is 2. The molecular weight excluding hydrogens is 412 g/mol. The highest BCUT2D eigenvalue weighted by molar-refractivity contribution is 8.14. The minimum Gasteiger partial charge on any atom is -0.494 e. The summed E-state index contributed by atoms with van der Waals surface area (Å²) in [6.45, 7) is 4.55. The molecule has 31 heavy (non-hydrogen) atoms. The SMILES string of the molecule is CCCC1N=C2c3ccccc3N=C(SCC(=O)Nc3ccc(OCC)cc3)N2C1=O. The van der Waals surface area contributed by atoms with Crippen LogP contribution in [0.15, 0.2) is 58.5 Å². The molecule has 0 saturated heterocycles. The fourth-order valence-electron chi connectivity index (χ4n) is 3.49. The Balaban J connectivity index is 1.47. The molecule has 2 aliphatic heterocycles. The Morgan fingerprint density at radius 2 is 1.94 bits per heavy atom. The van der Waals surface area contributed by atoms with Crippen molar-refractivity contribution in [3.63, 3.8) is 0 Å². The van der Waals surface area contributed by atoms with Crippen LogP contribution in [-0.2, 0) is 9.59 Å². The van der Waals surface area contributed by atoms with Crippen LogP contribution in [0.2, 0.25) is 0 Å². The Morgan fingerprint density at radius 1 is 1.16 bits per heavy atom. The molecule has 0 spiro atoms. The quantitative estimate of drug-likeness (QED) is 0.705. The van der Waals surface area contributed by atoms with E-state index >= 15 is 0 Å². The topological polar surface area (TPSA) is 83.4 Å². The van der Waals surface area contributed by atoms with E-state index < -0.39 is 6.04 Å². The Morgan fingerprint density at radius 3 is 2.68 bits per heavy atom. The predicted molar refractivity (Wildman–Crippen MR) is 124 cm³/mol. The Kier molecular flexibility index (Phi) is 6.36. The highest BCUT2D eigenvalue weighted by Gasteiger charge is 2.40. The van der Waals surface area contributed by atoms with Gasteiger partial charge in [-0.05, 0) is 49.7 Å². The summed E-state index contributed by atoms with van der Waals surface area (Å²) in [4.78, 5) is 36.4. The minimum absolute atomic E-state index is 0.0791. The van der Waals surface area contributed by atoms with Gasteiger partial charge in [0.15, 0.2) is 5.17 Å². The largest absolute Gasteiger partial charge is 0.494 e. The third-order valence-electron chi connectivity index (χ3n) is 4.89. The summed E-state index contributed by atoms with van der Waals surface area (Å²) in [5.74, 6) is 1.26. The van der Waals surface area contributed by atoms with Crippen LogP contribution in [-0.4, -0.2) is 46.1 Å². The van der Waals surface area contributed by atoms with Crippen molar-refractivity contribution in [2.24, 2.45) is 9.98 Å². The minimum atomic E-state index is -0.394. The summed E-state index contributed by atoms with van der Waals surface area (Å²) in [7, 11) is 0. The molecule has 0 fully saturated rings. The molecule has 8 heteroatoms. The smallest absolute Gasteiger partial charge is 0.259 e. The highest BCUT2D eigenvalue weighted by atomic mass is 32.2. The van der Waals surface area contributed by atoms with Gasteiger partial charge in [-0.25, -0.2) is 9.89 Å². The van der Waals surface area contributed by atoms with Crippen LogP contribution in [0, 0.1) is 0 Å². The van der Waals surface area contributed by atoms with Crippen molar-refractivity contribution in [1.29, 1.82) is 0 Å². The van der Waals surface area contributed by atoms with E-state index in [1.165, 1.54) is 11.8 Å². The number of benzene rings is 2. The van der Waals surface area contributed by atoms with Gasteiger partial charge in [-0.3, -0.25) is 14.6 Å². The Labute approximate surface area is 185 Å². The van der Waals surface area contributed by atoms with E-state index in [2.05, 4.69) is 15.3 Å². The monoisotopic (exact) mass is 436 g/mol. The first-order valence-corrected chi connectivity index (χ1v) is 11.3. The zero-order valence-electron chi connectivity index (χ0n) is 17.5. The summed E-state index contributed by atoms with van der Waals surface area (Å²) in [6.07, 6.45) is 1.56. The zero-order valence-corrected chi connectivity index (χ0v) is 18.3. The highest BCUT2D eigenvalue weighted by Crippen LogP contribution is 2.34. The van der Waals surface area contributed by atoms with Crippen LogP contribution in [0.25, 0.3) is 0 Å². The van der Waals surface area contributed by atoms with Crippen molar-refractivity contribution in [3.05, 3.63) is 54.1 Å². The van der Waals surface area contributed by atoms with Crippen LogP contribution in [0.3, 0.4) is 0 Å². The summed E-state index contributed by atoms with van der Waals surface area (Å²) < 4.78 is 5.42. The lowest BCUT2D eigenvalue weighted by molar-refractivity contribution is -0.124. The average Bonchev–Trinajstić information content (AvgIpc) is 3.11. The van der Waals surface area contributed by atoms with Crippen molar-refractivity contribution in [2.45, 2.75) is 32.7 Å². The molecule has 0 aliphatic carbocycles. The van der Waals surface area contributed by atoms with Crippen molar-refractivity contribution >= 4 is 46.0 Å². The standard InChI is InChI=1S/C23H24N4O3S/c1-3-7-19-22(29)27-21(25-19)17-8-5-6-9-18(17)26-23(27)31-14-20(28)24-15-10-12-16(13-11-15)30-4-2/h5-6,8-13,19H,3-4,7,14H2,1-2H3,(H,24,28). The van der Waals surface area contributed by atoms with Gasteiger partial charge in [0, 0.05) is 11.3 Å². The molecular formula is C23H24N4O3S. The molecule has 2 aromatic rings. The lowest BCUT2D eigenvalue weighted by Crippen LogP contribution is -2.41. The molecule has 0 aromatic heterocycles. The zero-order chi connectivity index (χ0) is 21.8. The number of hydrogen-bond acceptors (Lipinski definition) is 6. The van der Waals surface area contributed by atoms with Gasteiger partial charge >= 0.3 is 0 Å². The van der Waals surface area contributed by atoms with Crippen LogP contribution < -0.4 is 10.1 Å². The fourth-order valence-corrected chi connectivity index (χ4v) is 4.29. The predicted octanol–water partition coefficient (Wildman–Crippen LogP) is 4.22. The van der Waals surface area contributed by atoms with Crippen molar-refractivity contribution < 1.29 is 14.3 Å². The molecule has 2 aliphatic rings. The van der Waals surface area contributed by atoms with Gasteiger partial charge < -0.3 is 10.1 Å². The molecule has 0 bridgehead atoms. The normalized spacial score (nSPS) is 16.9. The van der Waals surface area contributed by atoms with Crippen molar-refractivity contribution in [1.82, 2.24) is 4.90 Å². The van der Waals surface area contributed by atoms with Gasteiger partial charge in [0.1, 0.15) is 17.6 Å². The van der Waals surface area contributed by atoms with E-state index in [1.54, 1.807) is 17.0 Å². The number of aliphatic imine (C=N–C) groups is 2. The molecule has 2 amide bonds. The number of para-hydroxylation sites is 1. The molecule has 160 valence electrons. The summed E-state index contributed by atoms with van der Waals surface area (Å²) >= 11 is 1.24. The average molecular weight is 437 g/mol. The van der Waals surface area contributed by atoms with Gasteiger partial charge in [0.25, 0.3) is 5.91 Å². The molecule has 0 saturated carbocycles. The number of nitrogens with zero attached hydrogens (tertiary/aromatic N) is 3. The number of fused-ring (bicyclic) bond motifs is 3. The van der Waals surface area contributed by atoms with E-state index in [1.807, 2.05) is 50.2 Å². The van der Waals surface area contributed by atoms with Crippen LogP contribution in [0.1, 0.15) is 32.3 Å². The summed E-state index contributed by atoms with van der Waals surface area (Å²) in [5.41, 5.74) is 2.29. The Hall–Kier alpha value is -3.13. The second-order valence-electron chi connectivity index (χ2n) is 7.14. The molecule has 1 unspecified atom stereocenters. The maximum Gasteiger partial charge on any atom is 0.259 e. The van der Waals surface area contributed by atoms with Gasteiger partial charge in [0.05, 0.1) is 18.0 Å². The van der Waals surface area contributed by atoms with Gasteiger partial charge in [-0.1, -0.05) is 37.2 Å². The first kappa shape index (κ1) is 21.1. The lowest BCUT2D eigenvalue weighted by atomic mass is 10.1. The van der Waals surface area contributed by atoms with E-state index in [0.29, 0.717) is 29.7 Å². The van der Waals surface area contributed by atoms with E-state index in [0.717, 1.165) is 23.4 Å². The third-order valence-corrected chi connectivity index (χ3v) is 5.83. The number of rotatable bonds is 7. The number of carbonyl (C=O) groups is 2. The van der Waals surface area contributed by atoms with E-state index in [-0.39, 0.29) is 17.6 Å². The molecule has 1 N–H and O–H groups in total. The van der Waals surface area contributed by atoms with Crippen LogP contribution in [0.5, 0.6) is 5.75 Å².